The van der Waals surface area contributed by atoms with E-state index in [4.69, 9.17) is 0 Å². The number of aromatic nitrogens is 1. The molecule has 0 aromatic carbocycles. The largest absolute Gasteiger partial charge is 0.299 e. The van der Waals surface area contributed by atoms with Crippen molar-refractivity contribution in [2.45, 2.75) is 19.8 Å². The molecule has 1 saturated carbocycles. The third-order valence-corrected chi connectivity index (χ3v) is 2.84. The van der Waals surface area contributed by atoms with Gasteiger partial charge in [0.15, 0.2) is 5.78 Å². The van der Waals surface area contributed by atoms with Gasteiger partial charge in [0.25, 0.3) is 0 Å². The molecule has 3 nitrogen and oxygen atoms in total. The number of hydrogen-bond donors (Lipinski definition) is 0. The van der Waals surface area contributed by atoms with Gasteiger partial charge in [0.1, 0.15) is 5.78 Å². The van der Waals surface area contributed by atoms with Gasteiger partial charge < -0.3 is 0 Å². The molecule has 0 N–H and O–H groups in total. The second kappa shape index (κ2) is 3.93. The molecule has 15 heavy (non-hydrogen) atoms. The van der Waals surface area contributed by atoms with Crippen LogP contribution >= 0.6 is 0 Å². The van der Waals surface area contributed by atoms with Crippen LogP contribution < -0.4 is 0 Å². The average Bonchev–Trinajstić information content (AvgIpc) is 2.97. The second-order valence-electron chi connectivity index (χ2n) is 4.13. The van der Waals surface area contributed by atoms with Crippen LogP contribution in [0.1, 0.15) is 30.1 Å². The first-order valence-corrected chi connectivity index (χ1v) is 5.14. The van der Waals surface area contributed by atoms with Crippen molar-refractivity contribution in [2.75, 3.05) is 0 Å². The van der Waals surface area contributed by atoms with Crippen molar-refractivity contribution in [3.63, 3.8) is 0 Å². The van der Waals surface area contributed by atoms with Crippen LogP contribution in [-0.4, -0.2) is 16.6 Å². The van der Waals surface area contributed by atoms with Gasteiger partial charge in [0.05, 0.1) is 6.42 Å². The van der Waals surface area contributed by atoms with E-state index in [0.29, 0.717) is 11.5 Å². The number of nitrogens with zero attached hydrogens (tertiary/aromatic N) is 1. The number of hydrogen-bond acceptors (Lipinski definition) is 3. The van der Waals surface area contributed by atoms with Gasteiger partial charge in [0, 0.05) is 23.9 Å². The third kappa shape index (κ3) is 2.29. The number of pyridine rings is 1. The average molecular weight is 203 g/mol. The lowest BCUT2D eigenvalue weighted by Gasteiger charge is -1.98. The number of ketones is 2. The van der Waals surface area contributed by atoms with Crippen molar-refractivity contribution in [3.8, 4) is 0 Å². The Kier molecular flexibility index (Phi) is 2.62. The fourth-order valence-electron chi connectivity index (χ4n) is 1.69. The van der Waals surface area contributed by atoms with Crippen molar-refractivity contribution in [2.24, 2.45) is 11.8 Å². The van der Waals surface area contributed by atoms with E-state index in [9.17, 15) is 9.59 Å². The van der Waals surface area contributed by atoms with Crippen molar-refractivity contribution >= 4 is 11.6 Å². The highest BCUT2D eigenvalue weighted by Gasteiger charge is 2.39. The number of rotatable bonds is 4. The highest BCUT2D eigenvalue weighted by Crippen LogP contribution is 2.39. The summed E-state index contributed by atoms with van der Waals surface area (Å²) < 4.78 is 0. The van der Waals surface area contributed by atoms with Crippen LogP contribution in [0.15, 0.2) is 24.5 Å². The van der Waals surface area contributed by atoms with E-state index < -0.39 is 0 Å². The summed E-state index contributed by atoms with van der Waals surface area (Å²) in [5.41, 5.74) is 0.527. The summed E-state index contributed by atoms with van der Waals surface area (Å²) in [6.07, 6.45) is 4.09. The molecular weight excluding hydrogens is 190 g/mol. The zero-order valence-corrected chi connectivity index (χ0v) is 8.64. The maximum Gasteiger partial charge on any atom is 0.171 e. The first-order chi connectivity index (χ1) is 7.18. The Morgan fingerprint density at radius 2 is 2.27 bits per heavy atom. The van der Waals surface area contributed by atoms with Gasteiger partial charge in [0.2, 0.25) is 0 Å². The normalized spacial score (nSPS) is 23.5. The standard InChI is InChI=1S/C12H13NO2/c1-8-5-10(8)12(15)6-11(14)9-3-2-4-13-7-9/h2-4,7-8,10H,5-6H2,1H3. The lowest BCUT2D eigenvalue weighted by molar-refractivity contribution is -0.119. The molecular formula is C12H13NO2. The summed E-state index contributed by atoms with van der Waals surface area (Å²) in [7, 11) is 0. The Morgan fingerprint density at radius 3 is 2.80 bits per heavy atom. The monoisotopic (exact) mass is 203 g/mol. The molecule has 0 aliphatic heterocycles. The first kappa shape index (κ1) is 10.0. The zero-order valence-electron chi connectivity index (χ0n) is 8.64. The molecule has 1 fully saturated rings. The molecule has 1 heterocycles. The van der Waals surface area contributed by atoms with Gasteiger partial charge in [-0.2, -0.15) is 0 Å². The first-order valence-electron chi connectivity index (χ1n) is 5.14. The van der Waals surface area contributed by atoms with Crippen LogP contribution in [0.2, 0.25) is 0 Å². The van der Waals surface area contributed by atoms with Gasteiger partial charge in [-0.3, -0.25) is 14.6 Å². The SMILES string of the molecule is CC1CC1C(=O)CC(=O)c1cccnc1. The molecule has 0 bridgehead atoms. The summed E-state index contributed by atoms with van der Waals surface area (Å²) >= 11 is 0. The van der Waals surface area contributed by atoms with Crippen LogP contribution in [-0.2, 0) is 4.79 Å². The Balaban J connectivity index is 1.96. The van der Waals surface area contributed by atoms with Gasteiger partial charge >= 0.3 is 0 Å². The van der Waals surface area contributed by atoms with Gasteiger partial charge in [-0.05, 0) is 24.5 Å². The highest BCUT2D eigenvalue weighted by molar-refractivity contribution is 6.08. The van der Waals surface area contributed by atoms with E-state index in [1.54, 1.807) is 18.3 Å². The Labute approximate surface area is 88.5 Å². The minimum absolute atomic E-state index is 0.0285. The number of carbonyl (C=O) groups excluding carboxylic acids is 2. The van der Waals surface area contributed by atoms with E-state index >= 15 is 0 Å². The van der Waals surface area contributed by atoms with Crippen molar-refractivity contribution in [1.82, 2.24) is 4.98 Å². The molecule has 78 valence electrons. The molecule has 2 unspecified atom stereocenters. The highest BCUT2D eigenvalue weighted by atomic mass is 16.1. The minimum Gasteiger partial charge on any atom is -0.299 e. The van der Waals surface area contributed by atoms with Crippen molar-refractivity contribution in [1.29, 1.82) is 0 Å². The lowest BCUT2D eigenvalue weighted by atomic mass is 10.0. The molecule has 2 atom stereocenters. The topological polar surface area (TPSA) is 47.0 Å². The molecule has 0 radical (unpaired) electrons. The smallest absolute Gasteiger partial charge is 0.171 e. The van der Waals surface area contributed by atoms with E-state index in [1.165, 1.54) is 6.20 Å². The van der Waals surface area contributed by atoms with Crippen LogP contribution in [0.4, 0.5) is 0 Å². The second-order valence-corrected chi connectivity index (χ2v) is 4.13. The molecule has 3 heteroatoms. The molecule has 1 aliphatic carbocycles. The lowest BCUT2D eigenvalue weighted by Crippen LogP contribution is -2.10. The summed E-state index contributed by atoms with van der Waals surface area (Å²) in [5, 5.41) is 0. The zero-order chi connectivity index (χ0) is 10.8. The van der Waals surface area contributed by atoms with Gasteiger partial charge in [-0.25, -0.2) is 0 Å². The Hall–Kier alpha value is -1.51. The molecule has 2 rings (SSSR count). The molecule has 1 aliphatic rings. The summed E-state index contributed by atoms with van der Waals surface area (Å²) in [6.45, 7) is 2.04. The predicted molar refractivity (Wildman–Crippen MR) is 55.5 cm³/mol. The van der Waals surface area contributed by atoms with Gasteiger partial charge in [-0.15, -0.1) is 0 Å². The van der Waals surface area contributed by atoms with Crippen molar-refractivity contribution in [3.05, 3.63) is 30.1 Å². The third-order valence-electron chi connectivity index (χ3n) is 2.84. The fraction of sp³-hybridized carbons (Fsp3) is 0.417. The summed E-state index contributed by atoms with van der Waals surface area (Å²) in [4.78, 5) is 27.0. The molecule has 1 aromatic heterocycles. The Morgan fingerprint density at radius 1 is 1.53 bits per heavy atom. The number of carbonyl (C=O) groups is 2. The van der Waals surface area contributed by atoms with Crippen LogP contribution in [0, 0.1) is 11.8 Å². The van der Waals surface area contributed by atoms with Crippen LogP contribution in [0.25, 0.3) is 0 Å². The summed E-state index contributed by atoms with van der Waals surface area (Å²) in [6, 6.07) is 3.40. The number of Topliss-reactive ketones (excluding diaryl/α,β-unsaturated/α-hetero) is 2. The molecule has 0 spiro atoms. The van der Waals surface area contributed by atoms with Crippen LogP contribution in [0.3, 0.4) is 0 Å². The predicted octanol–water partition coefficient (Wildman–Crippen LogP) is 1.88. The molecule has 0 saturated heterocycles. The van der Waals surface area contributed by atoms with Crippen molar-refractivity contribution < 1.29 is 9.59 Å². The minimum atomic E-state index is -0.118. The van der Waals surface area contributed by atoms with E-state index in [-0.39, 0.29) is 23.9 Å². The van der Waals surface area contributed by atoms with E-state index in [2.05, 4.69) is 4.98 Å². The van der Waals surface area contributed by atoms with Crippen LogP contribution in [0.5, 0.6) is 0 Å². The fourth-order valence-corrected chi connectivity index (χ4v) is 1.69. The quantitative estimate of drug-likeness (QED) is 0.554. The summed E-state index contributed by atoms with van der Waals surface area (Å²) in [5.74, 6) is 0.563. The van der Waals surface area contributed by atoms with Gasteiger partial charge in [-0.1, -0.05) is 6.92 Å². The maximum absolute atomic E-state index is 11.6. The molecule has 1 aromatic rings. The maximum atomic E-state index is 11.6. The van der Waals surface area contributed by atoms with E-state index in [0.717, 1.165) is 6.42 Å². The van der Waals surface area contributed by atoms with E-state index in [1.807, 2.05) is 6.92 Å². The Bertz CT molecular complexity index is 386. The molecule has 0 amide bonds.